The third kappa shape index (κ3) is 2.93. The predicted molar refractivity (Wildman–Crippen MR) is 66.3 cm³/mol. The number of aliphatic hydroxyl groups is 1. The lowest BCUT2D eigenvalue weighted by atomic mass is 10.2. The van der Waals surface area contributed by atoms with Crippen LogP contribution in [0.5, 0.6) is 5.75 Å². The van der Waals surface area contributed by atoms with Gasteiger partial charge in [0.15, 0.2) is 6.29 Å². The largest absolute Gasteiger partial charge is 0.487 e. The van der Waals surface area contributed by atoms with E-state index >= 15 is 0 Å². The molecule has 0 atom stereocenters. The highest BCUT2D eigenvalue weighted by molar-refractivity contribution is 5.76. The Morgan fingerprint density at radius 1 is 1.17 bits per heavy atom. The van der Waals surface area contributed by atoms with Gasteiger partial charge in [-0.15, -0.1) is 0 Å². The lowest BCUT2D eigenvalue weighted by Crippen LogP contribution is -2.02. The smallest absolute Gasteiger partial charge is 0.172 e. The number of hydrogen-bond acceptors (Lipinski definition) is 4. The summed E-state index contributed by atoms with van der Waals surface area (Å²) in [6.45, 7) is 0.182. The normalized spacial score (nSPS) is 10.1. The van der Waals surface area contributed by atoms with E-state index in [1.54, 1.807) is 12.1 Å². The summed E-state index contributed by atoms with van der Waals surface area (Å²) in [6.07, 6.45) is 0.624. The van der Waals surface area contributed by atoms with Crippen LogP contribution >= 0.6 is 0 Å². The maximum Gasteiger partial charge on any atom is 0.172 e. The van der Waals surface area contributed by atoms with E-state index < -0.39 is 0 Å². The van der Waals surface area contributed by atoms with Crippen molar-refractivity contribution in [2.75, 3.05) is 0 Å². The van der Waals surface area contributed by atoms with Crippen LogP contribution in [-0.4, -0.2) is 16.4 Å². The number of aromatic nitrogens is 1. The van der Waals surface area contributed by atoms with Crippen LogP contribution < -0.4 is 4.74 Å². The summed E-state index contributed by atoms with van der Waals surface area (Å²) in [5, 5.41) is 8.94. The predicted octanol–water partition coefficient (Wildman–Crippen LogP) is 1.97. The lowest BCUT2D eigenvalue weighted by Gasteiger charge is -2.08. The number of aliphatic hydroxyl groups excluding tert-OH is 1. The molecule has 4 nitrogen and oxygen atoms in total. The molecule has 1 aromatic heterocycles. The van der Waals surface area contributed by atoms with Crippen LogP contribution in [0.25, 0.3) is 0 Å². The number of carbonyl (C=O) groups is 1. The fourth-order valence-electron chi connectivity index (χ4n) is 1.53. The van der Waals surface area contributed by atoms with E-state index in [1.807, 2.05) is 30.3 Å². The maximum absolute atomic E-state index is 10.9. The van der Waals surface area contributed by atoms with Gasteiger partial charge in [-0.1, -0.05) is 30.3 Å². The van der Waals surface area contributed by atoms with Crippen molar-refractivity contribution in [3.63, 3.8) is 0 Å². The minimum atomic E-state index is -0.195. The van der Waals surface area contributed by atoms with Crippen LogP contribution in [0, 0.1) is 0 Å². The summed E-state index contributed by atoms with van der Waals surface area (Å²) in [5.74, 6) is 0.422. The Labute approximate surface area is 105 Å². The van der Waals surface area contributed by atoms with Gasteiger partial charge in [-0.05, 0) is 17.7 Å². The molecule has 2 aromatic rings. The Kier molecular flexibility index (Phi) is 4.04. The van der Waals surface area contributed by atoms with E-state index in [2.05, 4.69) is 4.98 Å². The average molecular weight is 243 g/mol. The fraction of sp³-hybridized carbons (Fsp3) is 0.143. The average Bonchev–Trinajstić information content (AvgIpc) is 2.46. The molecule has 0 aliphatic rings. The molecule has 0 bridgehead atoms. The zero-order valence-electron chi connectivity index (χ0n) is 9.74. The van der Waals surface area contributed by atoms with Crippen LogP contribution in [0.1, 0.15) is 21.7 Å². The Balaban J connectivity index is 2.12. The summed E-state index contributed by atoms with van der Waals surface area (Å²) in [5.41, 5.74) is 1.67. The highest BCUT2D eigenvalue weighted by Crippen LogP contribution is 2.17. The van der Waals surface area contributed by atoms with Gasteiger partial charge < -0.3 is 9.84 Å². The quantitative estimate of drug-likeness (QED) is 0.815. The van der Waals surface area contributed by atoms with E-state index in [1.165, 1.54) is 0 Å². The second-order valence-electron chi connectivity index (χ2n) is 3.74. The van der Waals surface area contributed by atoms with Crippen LogP contribution in [0.4, 0.5) is 0 Å². The van der Waals surface area contributed by atoms with Crippen molar-refractivity contribution in [3.05, 3.63) is 59.4 Å². The van der Waals surface area contributed by atoms with E-state index in [-0.39, 0.29) is 12.3 Å². The molecule has 1 N–H and O–H groups in total. The summed E-state index contributed by atoms with van der Waals surface area (Å²) in [4.78, 5) is 14.9. The standard InChI is InChI=1S/C14H13NO3/c16-8-12-6-7-14(13(9-17)15-12)18-10-11-4-2-1-3-5-11/h1-7,9,16H,8,10H2. The third-order valence-corrected chi connectivity index (χ3v) is 2.45. The molecule has 92 valence electrons. The van der Waals surface area contributed by atoms with Gasteiger partial charge in [0, 0.05) is 0 Å². The molecule has 0 aliphatic heterocycles. The molecule has 18 heavy (non-hydrogen) atoms. The minimum absolute atomic E-state index is 0.195. The fourth-order valence-corrected chi connectivity index (χ4v) is 1.53. The molecule has 0 amide bonds. The zero-order valence-corrected chi connectivity index (χ0v) is 9.74. The molecule has 2 rings (SSSR count). The maximum atomic E-state index is 10.9. The second-order valence-corrected chi connectivity index (χ2v) is 3.74. The second kappa shape index (κ2) is 5.93. The van der Waals surface area contributed by atoms with Crippen molar-refractivity contribution in [2.45, 2.75) is 13.2 Å². The number of carbonyl (C=O) groups excluding carboxylic acids is 1. The summed E-state index contributed by atoms with van der Waals surface area (Å²) >= 11 is 0. The molecule has 0 fully saturated rings. The number of nitrogens with zero attached hydrogens (tertiary/aromatic N) is 1. The Bertz CT molecular complexity index is 526. The van der Waals surface area contributed by atoms with Crippen LogP contribution in [0.15, 0.2) is 42.5 Å². The van der Waals surface area contributed by atoms with Gasteiger partial charge in [0.25, 0.3) is 0 Å². The summed E-state index contributed by atoms with van der Waals surface area (Å²) in [6, 6.07) is 12.9. The minimum Gasteiger partial charge on any atom is -0.487 e. The first kappa shape index (κ1) is 12.3. The van der Waals surface area contributed by atoms with E-state index in [0.717, 1.165) is 5.56 Å². The van der Waals surface area contributed by atoms with Gasteiger partial charge >= 0.3 is 0 Å². The number of hydrogen-bond donors (Lipinski definition) is 1. The molecule has 4 heteroatoms. The van der Waals surface area contributed by atoms with Crippen LogP contribution in [0.3, 0.4) is 0 Å². The van der Waals surface area contributed by atoms with Crippen molar-refractivity contribution in [1.82, 2.24) is 4.98 Å². The number of ether oxygens (including phenoxy) is 1. The third-order valence-electron chi connectivity index (χ3n) is 2.45. The topological polar surface area (TPSA) is 59.4 Å². The highest BCUT2D eigenvalue weighted by atomic mass is 16.5. The molecule has 0 radical (unpaired) electrons. The van der Waals surface area contributed by atoms with Crippen LogP contribution in [0.2, 0.25) is 0 Å². The summed E-state index contributed by atoms with van der Waals surface area (Å²) < 4.78 is 5.54. The van der Waals surface area contributed by atoms with Crippen molar-refractivity contribution < 1.29 is 14.6 Å². The zero-order chi connectivity index (χ0) is 12.8. The van der Waals surface area contributed by atoms with Crippen molar-refractivity contribution in [1.29, 1.82) is 0 Å². The molecular weight excluding hydrogens is 230 g/mol. The van der Waals surface area contributed by atoms with Gasteiger partial charge in [-0.2, -0.15) is 0 Å². The van der Waals surface area contributed by atoms with Crippen molar-refractivity contribution >= 4 is 6.29 Å². The van der Waals surface area contributed by atoms with Gasteiger partial charge in [-0.3, -0.25) is 4.79 Å². The molecule has 0 saturated carbocycles. The molecule has 0 spiro atoms. The molecule has 1 heterocycles. The number of aldehydes is 1. The van der Waals surface area contributed by atoms with Crippen molar-refractivity contribution in [3.8, 4) is 5.75 Å². The molecule has 1 aromatic carbocycles. The van der Waals surface area contributed by atoms with Gasteiger partial charge in [0.05, 0.1) is 12.3 Å². The van der Waals surface area contributed by atoms with Crippen molar-refractivity contribution in [2.24, 2.45) is 0 Å². The van der Waals surface area contributed by atoms with E-state index in [9.17, 15) is 4.79 Å². The van der Waals surface area contributed by atoms with E-state index in [0.29, 0.717) is 24.3 Å². The molecule has 0 unspecified atom stereocenters. The first-order valence-electron chi connectivity index (χ1n) is 5.56. The number of pyridine rings is 1. The number of benzene rings is 1. The van der Waals surface area contributed by atoms with E-state index in [4.69, 9.17) is 9.84 Å². The summed E-state index contributed by atoms with van der Waals surface area (Å²) in [7, 11) is 0. The van der Waals surface area contributed by atoms with Gasteiger partial charge in [0.1, 0.15) is 18.1 Å². The molecular formula is C14H13NO3. The lowest BCUT2D eigenvalue weighted by molar-refractivity contribution is 0.111. The number of rotatable bonds is 5. The monoisotopic (exact) mass is 243 g/mol. The van der Waals surface area contributed by atoms with Gasteiger partial charge in [0.2, 0.25) is 0 Å². The molecule has 0 saturated heterocycles. The first-order valence-corrected chi connectivity index (χ1v) is 5.56. The van der Waals surface area contributed by atoms with Gasteiger partial charge in [-0.25, -0.2) is 4.98 Å². The Hall–Kier alpha value is -2.20. The SMILES string of the molecule is O=Cc1nc(CO)ccc1OCc1ccccc1. The molecule has 0 aliphatic carbocycles. The van der Waals surface area contributed by atoms with Crippen LogP contribution in [-0.2, 0) is 13.2 Å². The highest BCUT2D eigenvalue weighted by Gasteiger charge is 2.06. The Morgan fingerprint density at radius 2 is 1.94 bits per heavy atom. The Morgan fingerprint density at radius 3 is 2.61 bits per heavy atom. The first-order chi connectivity index (χ1) is 8.83.